The Morgan fingerprint density at radius 1 is 1.13 bits per heavy atom. The first kappa shape index (κ1) is 22.3. The molecule has 2 amide bonds. The fraction of sp³-hybridized carbons (Fsp3) is 0.478. The molecule has 30 heavy (non-hydrogen) atoms. The van der Waals surface area contributed by atoms with Crippen molar-refractivity contribution in [1.29, 1.82) is 0 Å². The molecule has 6 nitrogen and oxygen atoms in total. The molecule has 0 bridgehead atoms. The minimum Gasteiger partial charge on any atom is -0.444 e. The lowest BCUT2D eigenvalue weighted by Gasteiger charge is -2.27. The number of amides is 2. The Bertz CT molecular complexity index is 822. The number of rotatable bonds is 7. The van der Waals surface area contributed by atoms with E-state index >= 15 is 0 Å². The van der Waals surface area contributed by atoms with Crippen molar-refractivity contribution in [2.45, 2.75) is 51.7 Å². The van der Waals surface area contributed by atoms with Crippen LogP contribution in [0.25, 0.3) is 0 Å². The second-order valence-corrected chi connectivity index (χ2v) is 9.56. The number of ether oxygens (including phenoxy) is 1. The molecule has 1 aliphatic heterocycles. The summed E-state index contributed by atoms with van der Waals surface area (Å²) < 4.78 is 5.25. The van der Waals surface area contributed by atoms with Crippen LogP contribution < -0.4 is 10.6 Å². The summed E-state index contributed by atoms with van der Waals surface area (Å²) in [4.78, 5) is 28.1. The van der Waals surface area contributed by atoms with Gasteiger partial charge in [0.05, 0.1) is 12.5 Å². The van der Waals surface area contributed by atoms with Gasteiger partial charge in [0.2, 0.25) is 5.91 Å². The van der Waals surface area contributed by atoms with Crippen molar-refractivity contribution < 1.29 is 14.3 Å². The van der Waals surface area contributed by atoms with Crippen molar-refractivity contribution in [3.05, 3.63) is 52.2 Å². The molecule has 162 valence electrons. The Labute approximate surface area is 182 Å². The number of carbonyl (C=O) groups is 2. The lowest BCUT2D eigenvalue weighted by molar-refractivity contribution is -0.120. The van der Waals surface area contributed by atoms with Crippen molar-refractivity contribution in [1.82, 2.24) is 10.2 Å². The summed E-state index contributed by atoms with van der Waals surface area (Å²) in [5.74, 6) is 0.00334. The summed E-state index contributed by atoms with van der Waals surface area (Å²) in [6.45, 7) is 8.26. The van der Waals surface area contributed by atoms with Crippen molar-refractivity contribution in [2.75, 3.05) is 25.0 Å². The van der Waals surface area contributed by atoms with Gasteiger partial charge in [-0.05, 0) is 75.8 Å². The highest BCUT2D eigenvalue weighted by Crippen LogP contribution is 2.27. The van der Waals surface area contributed by atoms with Gasteiger partial charge in [-0.25, -0.2) is 4.79 Å². The minimum absolute atomic E-state index is 0.00334. The van der Waals surface area contributed by atoms with Crippen molar-refractivity contribution in [2.24, 2.45) is 0 Å². The fourth-order valence-electron chi connectivity index (χ4n) is 3.53. The lowest BCUT2D eigenvalue weighted by Crippen LogP contribution is -2.37. The largest absolute Gasteiger partial charge is 0.444 e. The van der Waals surface area contributed by atoms with Gasteiger partial charge in [0, 0.05) is 17.1 Å². The molecule has 3 rings (SSSR count). The average molecular weight is 430 g/mol. The molecular formula is C23H31N3O3S. The zero-order valence-corrected chi connectivity index (χ0v) is 18.8. The second-order valence-electron chi connectivity index (χ2n) is 8.58. The summed E-state index contributed by atoms with van der Waals surface area (Å²) in [6.07, 6.45) is 2.26. The van der Waals surface area contributed by atoms with Gasteiger partial charge in [0.25, 0.3) is 0 Å². The molecular weight excluding hydrogens is 398 g/mol. The van der Waals surface area contributed by atoms with Gasteiger partial charge in [-0.3, -0.25) is 15.0 Å². The lowest BCUT2D eigenvalue weighted by atomic mass is 10.1. The number of nitrogens with one attached hydrogen (secondary N) is 2. The molecule has 1 aromatic carbocycles. The SMILES string of the molecule is CC(C)(C)OC(=O)Nc1ccc(CC(=O)NC[C@@H](c2cccs2)N2CCCC2)cc1. The van der Waals surface area contributed by atoms with Crippen LogP contribution in [-0.2, 0) is 16.0 Å². The Morgan fingerprint density at radius 2 is 1.83 bits per heavy atom. The number of benzene rings is 1. The number of carbonyl (C=O) groups excluding carboxylic acids is 2. The maximum absolute atomic E-state index is 12.5. The smallest absolute Gasteiger partial charge is 0.412 e. The van der Waals surface area contributed by atoms with E-state index in [2.05, 4.69) is 33.0 Å². The van der Waals surface area contributed by atoms with E-state index < -0.39 is 11.7 Å². The third-order valence-corrected chi connectivity index (χ3v) is 5.88. The van der Waals surface area contributed by atoms with E-state index in [4.69, 9.17) is 4.74 Å². The Morgan fingerprint density at radius 3 is 2.43 bits per heavy atom. The minimum atomic E-state index is -0.543. The van der Waals surface area contributed by atoms with Gasteiger partial charge in [-0.2, -0.15) is 0 Å². The van der Waals surface area contributed by atoms with Gasteiger partial charge < -0.3 is 10.1 Å². The molecule has 2 heterocycles. The number of thiophene rings is 1. The van der Waals surface area contributed by atoms with Crippen molar-refractivity contribution >= 4 is 29.0 Å². The first-order valence-electron chi connectivity index (χ1n) is 10.4. The van der Waals surface area contributed by atoms with E-state index in [-0.39, 0.29) is 11.9 Å². The number of hydrogen-bond acceptors (Lipinski definition) is 5. The van der Waals surface area contributed by atoms with Crippen LogP contribution in [0.1, 0.15) is 50.1 Å². The number of nitrogens with zero attached hydrogens (tertiary/aromatic N) is 1. The van der Waals surface area contributed by atoms with Crippen LogP contribution in [0.3, 0.4) is 0 Å². The van der Waals surface area contributed by atoms with Gasteiger partial charge in [0.15, 0.2) is 0 Å². The fourth-order valence-corrected chi connectivity index (χ4v) is 4.39. The van der Waals surface area contributed by atoms with Gasteiger partial charge in [-0.1, -0.05) is 18.2 Å². The van der Waals surface area contributed by atoms with E-state index in [1.54, 1.807) is 23.5 Å². The quantitative estimate of drug-likeness (QED) is 0.675. The monoisotopic (exact) mass is 429 g/mol. The molecule has 1 atom stereocenters. The van der Waals surface area contributed by atoms with Crippen LogP contribution in [0.15, 0.2) is 41.8 Å². The van der Waals surface area contributed by atoms with Gasteiger partial charge in [0.1, 0.15) is 5.60 Å². The highest BCUT2D eigenvalue weighted by molar-refractivity contribution is 7.10. The topological polar surface area (TPSA) is 70.7 Å². The maximum Gasteiger partial charge on any atom is 0.412 e. The Kier molecular flexibility index (Phi) is 7.50. The van der Waals surface area contributed by atoms with Crippen LogP contribution in [0, 0.1) is 0 Å². The van der Waals surface area contributed by atoms with E-state index in [9.17, 15) is 9.59 Å². The standard InChI is InChI=1S/C23H31N3O3S/c1-23(2,3)29-22(28)25-18-10-8-17(9-11-18)15-21(27)24-16-19(20-7-6-14-30-20)26-12-4-5-13-26/h6-11,14,19H,4-5,12-13,15-16H2,1-3H3,(H,24,27)(H,25,28)/t19-/m0/s1. The molecule has 2 aromatic rings. The molecule has 1 aliphatic rings. The molecule has 2 N–H and O–H groups in total. The van der Waals surface area contributed by atoms with E-state index in [1.807, 2.05) is 32.9 Å². The van der Waals surface area contributed by atoms with E-state index in [1.165, 1.54) is 17.7 Å². The molecule has 0 radical (unpaired) electrons. The zero-order chi connectivity index (χ0) is 21.6. The van der Waals surface area contributed by atoms with Crippen LogP contribution in [0.5, 0.6) is 0 Å². The van der Waals surface area contributed by atoms with Gasteiger partial charge >= 0.3 is 6.09 Å². The zero-order valence-electron chi connectivity index (χ0n) is 17.9. The predicted octanol–water partition coefficient (Wildman–Crippen LogP) is 4.59. The number of likely N-dealkylation sites (tertiary alicyclic amines) is 1. The predicted molar refractivity (Wildman–Crippen MR) is 121 cm³/mol. The maximum atomic E-state index is 12.5. The third-order valence-electron chi connectivity index (χ3n) is 4.91. The number of hydrogen-bond donors (Lipinski definition) is 2. The molecule has 0 aliphatic carbocycles. The highest BCUT2D eigenvalue weighted by Gasteiger charge is 2.24. The normalized spacial score (nSPS) is 15.6. The summed E-state index contributed by atoms with van der Waals surface area (Å²) in [5, 5.41) is 7.90. The first-order chi connectivity index (χ1) is 14.3. The van der Waals surface area contributed by atoms with Crippen molar-refractivity contribution in [3.8, 4) is 0 Å². The van der Waals surface area contributed by atoms with Crippen molar-refractivity contribution in [3.63, 3.8) is 0 Å². The summed E-state index contributed by atoms with van der Waals surface area (Å²) in [6, 6.07) is 11.7. The molecule has 0 unspecified atom stereocenters. The number of anilines is 1. The average Bonchev–Trinajstić information content (AvgIpc) is 3.36. The third kappa shape index (κ3) is 6.85. The molecule has 0 spiro atoms. The summed E-state index contributed by atoms with van der Waals surface area (Å²) in [7, 11) is 0. The molecule has 0 saturated carbocycles. The van der Waals surface area contributed by atoms with Gasteiger partial charge in [-0.15, -0.1) is 11.3 Å². The second kappa shape index (κ2) is 10.1. The molecule has 1 saturated heterocycles. The molecule has 1 fully saturated rings. The Hall–Kier alpha value is -2.38. The molecule has 7 heteroatoms. The van der Waals surface area contributed by atoms with E-state index in [0.29, 0.717) is 18.7 Å². The Balaban J connectivity index is 1.50. The summed E-state index contributed by atoms with van der Waals surface area (Å²) >= 11 is 1.75. The summed E-state index contributed by atoms with van der Waals surface area (Å²) in [5.41, 5.74) is 0.995. The highest BCUT2D eigenvalue weighted by atomic mass is 32.1. The first-order valence-corrected chi connectivity index (χ1v) is 11.3. The van der Waals surface area contributed by atoms with Crippen LogP contribution in [0.4, 0.5) is 10.5 Å². The molecule has 1 aromatic heterocycles. The van der Waals surface area contributed by atoms with Crippen LogP contribution in [0.2, 0.25) is 0 Å². The van der Waals surface area contributed by atoms with E-state index in [0.717, 1.165) is 18.7 Å². The van der Waals surface area contributed by atoms with Crippen LogP contribution >= 0.6 is 11.3 Å². The van der Waals surface area contributed by atoms with Crippen LogP contribution in [-0.4, -0.2) is 42.1 Å².